The quantitative estimate of drug-likeness (QED) is 0.485. The fourth-order valence-electron chi connectivity index (χ4n) is 2.55. The molecule has 1 aromatic heterocycles. The van der Waals surface area contributed by atoms with Crippen LogP contribution in [0.4, 0.5) is 0 Å². The second kappa shape index (κ2) is 7.98. The third-order valence-corrected chi connectivity index (χ3v) is 4.27. The normalized spacial score (nSPS) is 11.1. The molecule has 0 aliphatic carbocycles. The molecule has 1 amide bonds. The predicted octanol–water partition coefficient (Wildman–Crippen LogP) is 4.02. The second-order valence-electron chi connectivity index (χ2n) is 5.48. The number of amides is 1. The maximum Gasteiger partial charge on any atom is 0.277 e. The molecule has 2 N–H and O–H groups in total. The minimum atomic E-state index is -0.315. The average molecular weight is 400 g/mol. The van der Waals surface area contributed by atoms with Gasteiger partial charge in [0.25, 0.3) is 5.91 Å². The number of nitrogens with one attached hydrogen (secondary N) is 2. The summed E-state index contributed by atoms with van der Waals surface area (Å²) in [5.74, 6) is 0.308. The number of rotatable bonds is 6. The average Bonchev–Trinajstić information content (AvgIpc) is 3.03. The van der Waals surface area contributed by atoms with Crippen molar-refractivity contribution in [3.05, 3.63) is 64.3 Å². The van der Waals surface area contributed by atoms with Crippen molar-refractivity contribution in [1.82, 2.24) is 10.4 Å². The number of para-hydroxylation sites is 1. The summed E-state index contributed by atoms with van der Waals surface area (Å²) < 4.78 is 6.31. The Labute approximate surface area is 154 Å². The highest BCUT2D eigenvalue weighted by Crippen LogP contribution is 2.21. The van der Waals surface area contributed by atoms with Gasteiger partial charge in [-0.3, -0.25) is 4.79 Å². The highest BCUT2D eigenvalue weighted by Gasteiger charge is 2.05. The molecule has 6 heteroatoms. The number of aromatic nitrogens is 1. The Morgan fingerprint density at radius 1 is 1.32 bits per heavy atom. The first-order valence-electron chi connectivity index (χ1n) is 7.96. The van der Waals surface area contributed by atoms with Crippen LogP contribution in [0.5, 0.6) is 5.75 Å². The van der Waals surface area contributed by atoms with Crippen LogP contribution in [0.2, 0.25) is 0 Å². The number of H-pyrrole nitrogens is 1. The number of hydrazone groups is 1. The van der Waals surface area contributed by atoms with E-state index in [4.69, 9.17) is 4.74 Å². The molecule has 3 aromatic rings. The molecule has 0 spiro atoms. The van der Waals surface area contributed by atoms with Crippen molar-refractivity contribution >= 4 is 39.0 Å². The second-order valence-corrected chi connectivity index (χ2v) is 6.39. The largest absolute Gasteiger partial charge is 0.484 e. The Hall–Kier alpha value is -2.60. The van der Waals surface area contributed by atoms with Crippen molar-refractivity contribution in [1.29, 1.82) is 0 Å². The number of ether oxygens (including phenoxy) is 1. The van der Waals surface area contributed by atoms with E-state index in [-0.39, 0.29) is 12.5 Å². The van der Waals surface area contributed by atoms with Crippen LogP contribution in [0.3, 0.4) is 0 Å². The highest BCUT2D eigenvalue weighted by molar-refractivity contribution is 9.10. The minimum absolute atomic E-state index is 0.0956. The number of aryl methyl sites for hydroxylation is 1. The van der Waals surface area contributed by atoms with Crippen molar-refractivity contribution in [2.45, 2.75) is 13.3 Å². The Bertz CT molecular complexity index is 918. The first-order valence-corrected chi connectivity index (χ1v) is 8.76. The summed E-state index contributed by atoms with van der Waals surface area (Å²) in [5.41, 5.74) is 5.77. The molecule has 1 heterocycles. The van der Waals surface area contributed by atoms with Gasteiger partial charge in [-0.2, -0.15) is 5.10 Å². The number of carbonyl (C=O) groups is 1. The van der Waals surface area contributed by atoms with E-state index < -0.39 is 0 Å². The Kier molecular flexibility index (Phi) is 5.50. The number of benzene rings is 2. The fraction of sp³-hybridized carbons (Fsp3) is 0.158. The SMILES string of the molecule is CCc1cccc2c(/C=N/NC(=O)COc3cccc(Br)c3)c[nH]c12. The van der Waals surface area contributed by atoms with Crippen LogP contribution in [-0.2, 0) is 11.2 Å². The van der Waals surface area contributed by atoms with Crippen LogP contribution >= 0.6 is 15.9 Å². The molecule has 5 nitrogen and oxygen atoms in total. The molecule has 0 fully saturated rings. The maximum atomic E-state index is 11.8. The number of nitrogens with zero attached hydrogens (tertiary/aromatic N) is 1. The summed E-state index contributed by atoms with van der Waals surface area (Å²) in [6, 6.07) is 13.5. The van der Waals surface area contributed by atoms with Crippen molar-refractivity contribution in [2.75, 3.05) is 6.61 Å². The number of hydrogen-bond donors (Lipinski definition) is 2. The lowest BCUT2D eigenvalue weighted by atomic mass is 10.1. The van der Waals surface area contributed by atoms with Gasteiger partial charge in [0.05, 0.1) is 6.21 Å². The number of aromatic amines is 1. The Morgan fingerprint density at radius 3 is 2.96 bits per heavy atom. The van der Waals surface area contributed by atoms with Gasteiger partial charge < -0.3 is 9.72 Å². The zero-order valence-electron chi connectivity index (χ0n) is 13.8. The van der Waals surface area contributed by atoms with Crippen LogP contribution in [0.15, 0.2) is 58.2 Å². The van der Waals surface area contributed by atoms with Crippen LogP contribution in [0.1, 0.15) is 18.1 Å². The molecule has 25 heavy (non-hydrogen) atoms. The number of carbonyl (C=O) groups excluding carboxylic acids is 1. The van der Waals surface area contributed by atoms with Gasteiger partial charge in [-0.15, -0.1) is 0 Å². The molecule has 0 saturated carbocycles. The molecule has 3 rings (SSSR count). The van der Waals surface area contributed by atoms with Gasteiger partial charge in [0.1, 0.15) is 5.75 Å². The number of hydrogen-bond acceptors (Lipinski definition) is 3. The Balaban J connectivity index is 1.59. The summed E-state index contributed by atoms with van der Waals surface area (Å²) in [6.45, 7) is 2.02. The topological polar surface area (TPSA) is 66.5 Å². The molecule has 2 aromatic carbocycles. The van der Waals surface area contributed by atoms with E-state index in [9.17, 15) is 4.79 Å². The smallest absolute Gasteiger partial charge is 0.277 e. The molecule has 0 atom stereocenters. The van der Waals surface area contributed by atoms with Crippen LogP contribution in [0.25, 0.3) is 10.9 Å². The number of fused-ring (bicyclic) bond motifs is 1. The van der Waals surface area contributed by atoms with Crippen molar-refractivity contribution in [3.63, 3.8) is 0 Å². The monoisotopic (exact) mass is 399 g/mol. The van der Waals surface area contributed by atoms with Crippen molar-refractivity contribution < 1.29 is 9.53 Å². The fourth-order valence-corrected chi connectivity index (χ4v) is 2.93. The van der Waals surface area contributed by atoms with E-state index in [2.05, 4.69) is 44.4 Å². The van der Waals surface area contributed by atoms with Gasteiger partial charge in [0.2, 0.25) is 0 Å². The summed E-state index contributed by atoms with van der Waals surface area (Å²) >= 11 is 3.36. The lowest BCUT2D eigenvalue weighted by Gasteiger charge is -2.05. The van der Waals surface area contributed by atoms with Crippen LogP contribution in [-0.4, -0.2) is 23.7 Å². The molecule has 0 aliphatic rings. The van der Waals surface area contributed by atoms with Crippen molar-refractivity contribution in [3.8, 4) is 5.75 Å². The van der Waals surface area contributed by atoms with Gasteiger partial charge in [0, 0.05) is 27.1 Å². The summed E-state index contributed by atoms with van der Waals surface area (Å²) in [5, 5.41) is 5.10. The van der Waals surface area contributed by atoms with E-state index in [0.717, 1.165) is 27.4 Å². The molecular weight excluding hydrogens is 382 g/mol. The highest BCUT2D eigenvalue weighted by atomic mass is 79.9. The lowest BCUT2D eigenvalue weighted by molar-refractivity contribution is -0.123. The van der Waals surface area contributed by atoms with E-state index in [1.54, 1.807) is 18.3 Å². The van der Waals surface area contributed by atoms with Crippen molar-refractivity contribution in [2.24, 2.45) is 5.10 Å². The Morgan fingerprint density at radius 2 is 2.16 bits per heavy atom. The maximum absolute atomic E-state index is 11.8. The molecule has 0 bridgehead atoms. The van der Waals surface area contributed by atoms with Gasteiger partial charge >= 0.3 is 0 Å². The zero-order chi connectivity index (χ0) is 17.6. The van der Waals surface area contributed by atoms with Gasteiger partial charge in [-0.25, -0.2) is 5.43 Å². The minimum Gasteiger partial charge on any atom is -0.484 e. The van der Waals surface area contributed by atoms with E-state index in [1.165, 1.54) is 5.56 Å². The van der Waals surface area contributed by atoms with Gasteiger partial charge in [0.15, 0.2) is 6.61 Å². The molecule has 0 saturated heterocycles. The van der Waals surface area contributed by atoms with Crippen LogP contribution < -0.4 is 10.2 Å². The van der Waals surface area contributed by atoms with E-state index >= 15 is 0 Å². The van der Waals surface area contributed by atoms with Crippen LogP contribution in [0, 0.1) is 0 Å². The molecule has 128 valence electrons. The third-order valence-electron chi connectivity index (χ3n) is 3.77. The molecular formula is C19H18BrN3O2. The zero-order valence-corrected chi connectivity index (χ0v) is 15.3. The standard InChI is InChI=1S/C19H18BrN3O2/c1-2-13-5-3-8-17-14(10-21-19(13)17)11-22-23-18(24)12-25-16-7-4-6-15(20)9-16/h3-11,21H,2,12H2,1H3,(H,23,24)/b22-11+. The van der Waals surface area contributed by atoms with E-state index in [1.807, 2.05) is 30.5 Å². The summed E-state index contributed by atoms with van der Waals surface area (Å²) in [6.07, 6.45) is 4.48. The number of halogens is 1. The summed E-state index contributed by atoms with van der Waals surface area (Å²) in [7, 11) is 0. The van der Waals surface area contributed by atoms with Gasteiger partial charge in [-0.1, -0.05) is 47.1 Å². The molecule has 0 aliphatic heterocycles. The van der Waals surface area contributed by atoms with Gasteiger partial charge in [-0.05, 0) is 30.2 Å². The lowest BCUT2D eigenvalue weighted by Crippen LogP contribution is -2.24. The third kappa shape index (κ3) is 4.28. The first kappa shape index (κ1) is 17.2. The predicted molar refractivity (Wildman–Crippen MR) is 103 cm³/mol. The summed E-state index contributed by atoms with van der Waals surface area (Å²) in [4.78, 5) is 15.1. The first-order chi connectivity index (χ1) is 12.2. The molecule has 0 unspecified atom stereocenters. The van der Waals surface area contributed by atoms with E-state index in [0.29, 0.717) is 5.75 Å². The molecule has 0 radical (unpaired) electrons.